The molecule has 0 aromatic heterocycles. The molecule has 1 amide bonds. The fraction of sp³-hybridized carbons (Fsp3) is 0.536. The maximum atomic E-state index is 13.3. The molecule has 4 rings (SSSR count). The van der Waals surface area contributed by atoms with E-state index in [9.17, 15) is 15.0 Å². The Morgan fingerprint density at radius 2 is 1.83 bits per heavy atom. The number of aliphatic hydroxyl groups is 1. The zero-order valence-electron chi connectivity index (χ0n) is 21.4. The highest BCUT2D eigenvalue weighted by molar-refractivity contribution is 6.32. The number of phenolic OH excluding ortho intramolecular Hbond substituents is 1. The second-order valence-electron chi connectivity index (χ2n) is 10.3. The smallest absolute Gasteiger partial charge is 0.225 e. The number of hydrogen-bond donors (Lipinski definition) is 2. The van der Waals surface area contributed by atoms with Gasteiger partial charge in [0.2, 0.25) is 5.91 Å². The molecule has 2 fully saturated rings. The molecular weight excluding hydrogens is 480 g/mol. The minimum atomic E-state index is -0.841. The van der Waals surface area contributed by atoms with Gasteiger partial charge in [0.15, 0.2) is 0 Å². The Balaban J connectivity index is 1.53. The van der Waals surface area contributed by atoms with Gasteiger partial charge in [-0.2, -0.15) is 0 Å². The molecule has 8 heteroatoms. The number of morpholine rings is 1. The lowest BCUT2D eigenvalue weighted by molar-refractivity contribution is -0.158. The number of carbonyl (C=O) groups is 1. The van der Waals surface area contributed by atoms with Crippen LogP contribution in [0.15, 0.2) is 30.3 Å². The number of halogens is 1. The van der Waals surface area contributed by atoms with Gasteiger partial charge in [-0.15, -0.1) is 0 Å². The molecule has 0 saturated carbocycles. The molecule has 1 atom stereocenters. The van der Waals surface area contributed by atoms with Gasteiger partial charge in [0.1, 0.15) is 23.7 Å². The van der Waals surface area contributed by atoms with E-state index in [1.54, 1.807) is 6.07 Å². The lowest BCUT2D eigenvalue weighted by Crippen LogP contribution is -2.57. The maximum absolute atomic E-state index is 13.3. The van der Waals surface area contributed by atoms with Gasteiger partial charge in [0.25, 0.3) is 0 Å². The highest BCUT2D eigenvalue weighted by atomic mass is 35.5. The molecule has 2 heterocycles. The van der Waals surface area contributed by atoms with Crippen molar-refractivity contribution in [3.8, 4) is 11.5 Å². The van der Waals surface area contributed by atoms with Crippen molar-refractivity contribution in [2.75, 3.05) is 39.4 Å². The third kappa shape index (κ3) is 6.51. The Morgan fingerprint density at radius 3 is 2.53 bits per heavy atom. The minimum absolute atomic E-state index is 0.00854. The van der Waals surface area contributed by atoms with Gasteiger partial charge in [-0.3, -0.25) is 9.69 Å². The van der Waals surface area contributed by atoms with E-state index in [1.165, 1.54) is 0 Å². The number of benzene rings is 2. The molecule has 2 aliphatic heterocycles. The van der Waals surface area contributed by atoms with Gasteiger partial charge < -0.3 is 24.6 Å². The molecule has 2 saturated heterocycles. The van der Waals surface area contributed by atoms with E-state index < -0.39 is 5.60 Å². The second-order valence-corrected chi connectivity index (χ2v) is 10.7. The Kier molecular flexibility index (Phi) is 8.45. The summed E-state index contributed by atoms with van der Waals surface area (Å²) in [5.74, 6) is 0.970. The van der Waals surface area contributed by atoms with Crippen LogP contribution in [-0.4, -0.2) is 77.0 Å². The van der Waals surface area contributed by atoms with Crippen LogP contribution >= 0.6 is 11.6 Å². The molecule has 196 valence electrons. The van der Waals surface area contributed by atoms with Gasteiger partial charge in [0.05, 0.1) is 19.1 Å². The summed E-state index contributed by atoms with van der Waals surface area (Å²) >= 11 is 6.34. The van der Waals surface area contributed by atoms with E-state index in [4.69, 9.17) is 21.1 Å². The number of likely N-dealkylation sites (tertiary alicyclic amines) is 1. The van der Waals surface area contributed by atoms with Gasteiger partial charge in [-0.25, -0.2) is 0 Å². The number of hydrogen-bond acceptors (Lipinski definition) is 6. The topological polar surface area (TPSA) is 82.5 Å². The predicted octanol–water partition coefficient (Wildman–Crippen LogP) is 3.99. The lowest BCUT2D eigenvalue weighted by atomic mass is 9.95. The summed E-state index contributed by atoms with van der Waals surface area (Å²) in [5.41, 5.74) is 2.97. The summed E-state index contributed by atoms with van der Waals surface area (Å²) in [6.45, 7) is 9.41. The minimum Gasteiger partial charge on any atom is -0.508 e. The quantitative estimate of drug-likeness (QED) is 0.579. The van der Waals surface area contributed by atoms with Crippen molar-refractivity contribution in [2.45, 2.75) is 58.3 Å². The van der Waals surface area contributed by atoms with Crippen LogP contribution in [0.2, 0.25) is 5.02 Å². The van der Waals surface area contributed by atoms with Crippen LogP contribution in [0.4, 0.5) is 0 Å². The van der Waals surface area contributed by atoms with Crippen LogP contribution in [0, 0.1) is 20.8 Å². The standard InChI is InChI=1S/C28H37ClN2O5/c1-19-4-5-25(33)22(12-19)16-30-10-11-36-28(17-30,15-26(34)31-8-6-23(32)7-9-31)18-35-24-13-20(2)27(29)21(3)14-24/h4-5,12-14,23,32-33H,6-11,15-18H2,1-3H3/t28-/m1/s1. The first-order chi connectivity index (χ1) is 17.1. The molecule has 0 spiro atoms. The van der Waals surface area contributed by atoms with Crippen molar-refractivity contribution >= 4 is 17.5 Å². The molecule has 36 heavy (non-hydrogen) atoms. The Bertz CT molecular complexity index is 1060. The van der Waals surface area contributed by atoms with Crippen LogP contribution in [0.1, 0.15) is 41.5 Å². The van der Waals surface area contributed by atoms with Crippen LogP contribution < -0.4 is 4.74 Å². The first-order valence-corrected chi connectivity index (χ1v) is 13.0. The molecule has 0 aliphatic carbocycles. The zero-order valence-corrected chi connectivity index (χ0v) is 22.2. The fourth-order valence-corrected chi connectivity index (χ4v) is 5.20. The van der Waals surface area contributed by atoms with Crippen molar-refractivity contribution in [1.82, 2.24) is 9.80 Å². The summed E-state index contributed by atoms with van der Waals surface area (Å²) in [4.78, 5) is 17.4. The van der Waals surface area contributed by atoms with E-state index in [2.05, 4.69) is 4.90 Å². The number of aromatic hydroxyl groups is 1. The Morgan fingerprint density at radius 1 is 1.14 bits per heavy atom. The normalized spacial score (nSPS) is 21.5. The first-order valence-electron chi connectivity index (χ1n) is 12.6. The number of ether oxygens (including phenoxy) is 2. The molecule has 2 aromatic carbocycles. The van der Waals surface area contributed by atoms with Crippen molar-refractivity contribution in [1.29, 1.82) is 0 Å². The number of nitrogens with zero attached hydrogens (tertiary/aromatic N) is 2. The summed E-state index contributed by atoms with van der Waals surface area (Å²) in [6.07, 6.45) is 1.03. The van der Waals surface area contributed by atoms with E-state index in [1.807, 2.05) is 49.9 Å². The van der Waals surface area contributed by atoms with Crippen molar-refractivity contribution in [3.63, 3.8) is 0 Å². The average molecular weight is 517 g/mol. The zero-order chi connectivity index (χ0) is 25.9. The number of aliphatic hydroxyl groups excluding tert-OH is 1. The van der Waals surface area contributed by atoms with E-state index in [0.717, 1.165) is 27.3 Å². The summed E-state index contributed by atoms with van der Waals surface area (Å²) < 4.78 is 12.6. The summed E-state index contributed by atoms with van der Waals surface area (Å²) in [7, 11) is 0. The highest BCUT2D eigenvalue weighted by Crippen LogP contribution is 2.31. The largest absolute Gasteiger partial charge is 0.508 e. The fourth-order valence-electron chi connectivity index (χ4n) is 5.09. The third-order valence-corrected chi connectivity index (χ3v) is 7.76. The molecule has 0 unspecified atom stereocenters. The van der Waals surface area contributed by atoms with Crippen LogP contribution in [0.3, 0.4) is 0 Å². The monoisotopic (exact) mass is 516 g/mol. The van der Waals surface area contributed by atoms with Crippen LogP contribution in [-0.2, 0) is 16.1 Å². The molecule has 7 nitrogen and oxygen atoms in total. The van der Waals surface area contributed by atoms with Crippen LogP contribution in [0.25, 0.3) is 0 Å². The maximum Gasteiger partial charge on any atom is 0.225 e. The summed E-state index contributed by atoms with van der Waals surface area (Å²) in [6, 6.07) is 9.42. The highest BCUT2D eigenvalue weighted by Gasteiger charge is 2.41. The molecule has 2 aliphatic rings. The number of piperidine rings is 1. The van der Waals surface area contributed by atoms with E-state index >= 15 is 0 Å². The van der Waals surface area contributed by atoms with Crippen molar-refractivity contribution in [2.24, 2.45) is 0 Å². The average Bonchev–Trinajstić information content (AvgIpc) is 2.84. The molecule has 2 aromatic rings. The third-order valence-electron chi connectivity index (χ3n) is 7.16. The second kappa shape index (κ2) is 11.4. The lowest BCUT2D eigenvalue weighted by Gasteiger charge is -2.43. The number of phenols is 1. The van der Waals surface area contributed by atoms with E-state index in [-0.39, 0.29) is 30.8 Å². The van der Waals surface area contributed by atoms with Gasteiger partial charge in [-0.1, -0.05) is 29.3 Å². The Labute approximate surface area is 218 Å². The number of aryl methyl sites for hydroxylation is 3. The Hall–Kier alpha value is -2.32. The molecule has 0 radical (unpaired) electrons. The molecular formula is C28H37ClN2O5. The van der Waals surface area contributed by atoms with Gasteiger partial charge in [0, 0.05) is 43.3 Å². The van der Waals surface area contributed by atoms with Gasteiger partial charge in [-0.05, 0) is 62.9 Å². The van der Waals surface area contributed by atoms with Crippen molar-refractivity contribution < 1.29 is 24.5 Å². The number of carbonyl (C=O) groups excluding carboxylic acids is 1. The number of amides is 1. The SMILES string of the molecule is Cc1ccc(O)c(CN2CCO[C@](COc3cc(C)c(Cl)c(C)c3)(CC(=O)N3CCC(O)CC3)C2)c1. The predicted molar refractivity (Wildman–Crippen MR) is 140 cm³/mol. The van der Waals surface area contributed by atoms with Crippen LogP contribution in [0.5, 0.6) is 11.5 Å². The van der Waals surface area contributed by atoms with E-state index in [0.29, 0.717) is 57.9 Å². The summed E-state index contributed by atoms with van der Waals surface area (Å²) in [5, 5.41) is 21.0. The first kappa shape index (κ1) is 26.7. The molecule has 2 N–H and O–H groups in total. The van der Waals surface area contributed by atoms with Crippen molar-refractivity contribution in [3.05, 3.63) is 57.6 Å². The van der Waals surface area contributed by atoms with Gasteiger partial charge >= 0.3 is 0 Å². The number of rotatable bonds is 7. The molecule has 0 bridgehead atoms.